The van der Waals surface area contributed by atoms with Crippen LogP contribution in [0.4, 0.5) is 0 Å². The molecular formula is C11H9ClN2O4. The van der Waals surface area contributed by atoms with Crippen molar-refractivity contribution in [1.82, 2.24) is 10.2 Å². The molecule has 0 atom stereocenters. The molecule has 1 aromatic heterocycles. The third-order valence-corrected chi connectivity index (χ3v) is 2.73. The largest absolute Gasteiger partial charge is 0.495 e. The van der Waals surface area contributed by atoms with E-state index >= 15 is 0 Å². The van der Waals surface area contributed by atoms with E-state index < -0.39 is 11.5 Å². The van der Waals surface area contributed by atoms with Crippen LogP contribution < -0.4 is 10.3 Å². The van der Waals surface area contributed by atoms with E-state index in [1.165, 1.54) is 13.2 Å². The molecule has 1 heterocycles. The summed E-state index contributed by atoms with van der Waals surface area (Å²) in [6.45, 7) is 0. The fraction of sp³-hybridized carbons (Fsp3) is 0.0909. The maximum atomic E-state index is 11.6. The lowest BCUT2D eigenvalue weighted by Crippen LogP contribution is -2.05. The molecule has 0 spiro atoms. The molecule has 0 aliphatic rings. The minimum absolute atomic E-state index is 0.0343. The van der Waals surface area contributed by atoms with Crippen molar-refractivity contribution >= 4 is 17.6 Å². The van der Waals surface area contributed by atoms with Crippen LogP contribution in [-0.4, -0.2) is 28.4 Å². The summed E-state index contributed by atoms with van der Waals surface area (Å²) in [5, 5.41) is 13.8. The standard InChI is InChI=1S/C11H9ClN2O4/c1-18-7-3-2-5(4-6(7)12)8-9(11(16)17)13-14-10(8)15/h2-4H,1H3,(H,16,17)(H2,13,14,15). The molecular weight excluding hydrogens is 260 g/mol. The fourth-order valence-corrected chi connectivity index (χ4v) is 1.87. The molecule has 2 rings (SSSR count). The number of methoxy groups -OCH3 is 1. The molecule has 0 aliphatic carbocycles. The zero-order valence-corrected chi connectivity index (χ0v) is 10.0. The van der Waals surface area contributed by atoms with Crippen LogP contribution in [0.3, 0.4) is 0 Å². The molecule has 2 aromatic rings. The molecule has 0 fully saturated rings. The Bertz CT molecular complexity index is 659. The zero-order valence-electron chi connectivity index (χ0n) is 9.28. The number of hydrogen-bond donors (Lipinski definition) is 3. The van der Waals surface area contributed by atoms with Crippen LogP contribution in [0.5, 0.6) is 5.75 Å². The Labute approximate surface area is 106 Å². The minimum Gasteiger partial charge on any atom is -0.495 e. The molecule has 0 saturated carbocycles. The Morgan fingerprint density at radius 3 is 2.67 bits per heavy atom. The van der Waals surface area contributed by atoms with Crippen LogP contribution in [-0.2, 0) is 0 Å². The van der Waals surface area contributed by atoms with E-state index in [1.54, 1.807) is 12.1 Å². The molecule has 7 heteroatoms. The number of carbonyl (C=O) groups is 1. The number of aromatic nitrogens is 2. The highest BCUT2D eigenvalue weighted by Gasteiger charge is 2.18. The molecule has 18 heavy (non-hydrogen) atoms. The number of aromatic amines is 2. The molecule has 0 radical (unpaired) electrons. The van der Waals surface area contributed by atoms with Crippen LogP contribution in [0.25, 0.3) is 11.1 Å². The Morgan fingerprint density at radius 2 is 2.11 bits per heavy atom. The number of halogens is 1. The summed E-state index contributed by atoms with van der Waals surface area (Å²) >= 11 is 5.94. The molecule has 6 nitrogen and oxygen atoms in total. The van der Waals surface area contributed by atoms with Crippen molar-refractivity contribution in [3.8, 4) is 16.9 Å². The van der Waals surface area contributed by atoms with Crippen molar-refractivity contribution in [2.24, 2.45) is 0 Å². The smallest absolute Gasteiger partial charge is 0.354 e. The van der Waals surface area contributed by atoms with Crippen molar-refractivity contribution in [2.45, 2.75) is 0 Å². The molecule has 0 unspecified atom stereocenters. The van der Waals surface area contributed by atoms with Crippen molar-refractivity contribution in [3.05, 3.63) is 39.3 Å². The van der Waals surface area contributed by atoms with E-state index in [9.17, 15) is 9.59 Å². The van der Waals surface area contributed by atoms with Gasteiger partial charge in [0.2, 0.25) is 0 Å². The minimum atomic E-state index is -1.23. The summed E-state index contributed by atoms with van der Waals surface area (Å²) in [6, 6.07) is 4.61. The number of nitrogens with one attached hydrogen (secondary N) is 2. The van der Waals surface area contributed by atoms with Gasteiger partial charge in [-0.25, -0.2) is 4.79 Å². The number of carboxylic acid groups (broad SMARTS) is 1. The van der Waals surface area contributed by atoms with Gasteiger partial charge in [0.25, 0.3) is 5.56 Å². The topological polar surface area (TPSA) is 95.2 Å². The normalized spacial score (nSPS) is 10.3. The summed E-state index contributed by atoms with van der Waals surface area (Å²) in [5.41, 5.74) is -0.289. The highest BCUT2D eigenvalue weighted by Crippen LogP contribution is 2.29. The Kier molecular flexibility index (Phi) is 3.12. The summed E-state index contributed by atoms with van der Waals surface area (Å²) in [6.07, 6.45) is 0. The third-order valence-electron chi connectivity index (χ3n) is 2.43. The van der Waals surface area contributed by atoms with Gasteiger partial charge in [0.05, 0.1) is 17.7 Å². The van der Waals surface area contributed by atoms with Crippen molar-refractivity contribution in [2.75, 3.05) is 7.11 Å². The highest BCUT2D eigenvalue weighted by atomic mass is 35.5. The monoisotopic (exact) mass is 268 g/mol. The summed E-state index contributed by atoms with van der Waals surface area (Å²) in [7, 11) is 1.46. The maximum absolute atomic E-state index is 11.6. The van der Waals surface area contributed by atoms with Crippen molar-refractivity contribution in [3.63, 3.8) is 0 Å². The fourth-order valence-electron chi connectivity index (χ4n) is 1.62. The van der Waals surface area contributed by atoms with Gasteiger partial charge in [-0.3, -0.25) is 15.0 Å². The number of rotatable bonds is 3. The number of ether oxygens (including phenoxy) is 1. The zero-order chi connectivity index (χ0) is 13.3. The van der Waals surface area contributed by atoms with Gasteiger partial charge in [-0.15, -0.1) is 0 Å². The third kappa shape index (κ3) is 1.98. The lowest BCUT2D eigenvalue weighted by atomic mass is 10.1. The predicted molar refractivity (Wildman–Crippen MR) is 65.4 cm³/mol. The van der Waals surface area contributed by atoms with Gasteiger partial charge in [-0.1, -0.05) is 17.7 Å². The number of benzene rings is 1. The van der Waals surface area contributed by atoms with Gasteiger partial charge in [-0.05, 0) is 17.7 Å². The SMILES string of the molecule is COc1ccc(-c2c(C(=O)O)[nH][nH]c2=O)cc1Cl. The van der Waals surface area contributed by atoms with Crippen LogP contribution in [0.2, 0.25) is 5.02 Å². The Balaban J connectivity index is 2.62. The van der Waals surface area contributed by atoms with E-state index in [1.807, 2.05) is 0 Å². The van der Waals surface area contributed by atoms with Crippen LogP contribution >= 0.6 is 11.6 Å². The lowest BCUT2D eigenvalue weighted by molar-refractivity contribution is 0.0691. The molecule has 0 aliphatic heterocycles. The molecule has 94 valence electrons. The second-order valence-electron chi connectivity index (χ2n) is 3.48. The van der Waals surface area contributed by atoms with Crippen LogP contribution in [0.15, 0.2) is 23.0 Å². The molecule has 0 amide bonds. The van der Waals surface area contributed by atoms with Crippen molar-refractivity contribution in [1.29, 1.82) is 0 Å². The van der Waals surface area contributed by atoms with E-state index in [2.05, 4.69) is 10.2 Å². The molecule has 3 N–H and O–H groups in total. The Morgan fingerprint density at radius 1 is 1.39 bits per heavy atom. The van der Waals surface area contributed by atoms with Crippen molar-refractivity contribution < 1.29 is 14.6 Å². The maximum Gasteiger partial charge on any atom is 0.354 e. The highest BCUT2D eigenvalue weighted by molar-refractivity contribution is 6.32. The average Bonchev–Trinajstić information content (AvgIpc) is 2.71. The van der Waals surface area contributed by atoms with Gasteiger partial charge >= 0.3 is 5.97 Å². The lowest BCUT2D eigenvalue weighted by Gasteiger charge is -2.04. The summed E-state index contributed by atoms with van der Waals surface area (Å²) in [5.74, 6) is -0.778. The molecule has 1 aromatic carbocycles. The second kappa shape index (κ2) is 4.58. The number of H-pyrrole nitrogens is 2. The van der Waals surface area contributed by atoms with Crippen LogP contribution in [0, 0.1) is 0 Å². The predicted octanol–water partition coefficient (Wildman–Crippen LogP) is 1.73. The van der Waals surface area contributed by atoms with E-state index in [0.717, 1.165) is 0 Å². The first-order chi connectivity index (χ1) is 8.54. The van der Waals surface area contributed by atoms with Gasteiger partial charge < -0.3 is 9.84 Å². The summed E-state index contributed by atoms with van der Waals surface area (Å²) < 4.78 is 4.98. The van der Waals surface area contributed by atoms with E-state index in [-0.39, 0.29) is 11.3 Å². The second-order valence-corrected chi connectivity index (χ2v) is 3.89. The van der Waals surface area contributed by atoms with Gasteiger partial charge in [0.1, 0.15) is 5.75 Å². The average molecular weight is 269 g/mol. The first-order valence-corrected chi connectivity index (χ1v) is 5.30. The first-order valence-electron chi connectivity index (χ1n) is 4.92. The quantitative estimate of drug-likeness (QED) is 0.790. The number of aromatic carboxylic acids is 1. The number of hydrogen-bond acceptors (Lipinski definition) is 3. The Hall–Kier alpha value is -2.21. The summed E-state index contributed by atoms with van der Waals surface area (Å²) in [4.78, 5) is 22.6. The van der Waals surface area contributed by atoms with Crippen LogP contribution in [0.1, 0.15) is 10.5 Å². The van der Waals surface area contributed by atoms with Gasteiger partial charge in [0.15, 0.2) is 5.69 Å². The molecule has 0 saturated heterocycles. The van der Waals surface area contributed by atoms with Gasteiger partial charge in [-0.2, -0.15) is 0 Å². The number of carboxylic acids is 1. The molecule has 0 bridgehead atoms. The van der Waals surface area contributed by atoms with E-state index in [0.29, 0.717) is 16.3 Å². The first kappa shape index (κ1) is 12.3. The van der Waals surface area contributed by atoms with E-state index in [4.69, 9.17) is 21.4 Å². The van der Waals surface area contributed by atoms with Gasteiger partial charge in [0, 0.05) is 0 Å².